The number of nitro benzene ring substituents is 1. The molecule has 2 rings (SSSR count). The van der Waals surface area contributed by atoms with Gasteiger partial charge in [0.1, 0.15) is 5.69 Å². The van der Waals surface area contributed by atoms with E-state index in [9.17, 15) is 20.0 Å². The predicted octanol–water partition coefficient (Wildman–Crippen LogP) is 1.01. The van der Waals surface area contributed by atoms with Crippen molar-refractivity contribution in [3.8, 4) is 0 Å². The summed E-state index contributed by atoms with van der Waals surface area (Å²) in [5.41, 5.74) is -0.0708. The van der Waals surface area contributed by atoms with Crippen LogP contribution in [-0.2, 0) is 0 Å². The highest BCUT2D eigenvalue weighted by Gasteiger charge is 2.17. The lowest BCUT2D eigenvalue weighted by Gasteiger charge is -2.11. The Morgan fingerprint density at radius 2 is 2.30 bits per heavy atom. The Labute approximate surface area is 113 Å². The molecule has 1 aromatic heterocycles. The zero-order valence-corrected chi connectivity index (χ0v) is 10.8. The highest BCUT2D eigenvalue weighted by atomic mass is 16.6. The van der Waals surface area contributed by atoms with Crippen molar-refractivity contribution < 1.29 is 10.0 Å². The summed E-state index contributed by atoms with van der Waals surface area (Å²) in [5.74, 6) is 0. The standard InChI is InChI=1S/C12H14N4O4/c1-2-7(17)5-13-10-4-9-8(3-11(10)16(19)20)12(18)15-6-14-9/h3-4,6-7,13,17H,2,5H2,1H3,(H,14,15,18). The summed E-state index contributed by atoms with van der Waals surface area (Å²) in [6.45, 7) is 1.99. The molecule has 2 aromatic rings. The maximum atomic E-state index is 11.6. The Morgan fingerprint density at radius 3 is 2.95 bits per heavy atom. The second-order valence-corrected chi connectivity index (χ2v) is 4.32. The van der Waals surface area contributed by atoms with Crippen LogP contribution in [0.25, 0.3) is 10.9 Å². The molecule has 0 radical (unpaired) electrons. The number of aliphatic hydroxyl groups excluding tert-OH is 1. The monoisotopic (exact) mass is 278 g/mol. The second kappa shape index (κ2) is 5.66. The van der Waals surface area contributed by atoms with Crippen LogP contribution >= 0.6 is 0 Å². The molecule has 0 saturated carbocycles. The molecular formula is C12H14N4O4. The fourth-order valence-corrected chi connectivity index (χ4v) is 1.77. The number of rotatable bonds is 5. The van der Waals surface area contributed by atoms with E-state index in [1.54, 1.807) is 0 Å². The molecule has 0 aliphatic carbocycles. The lowest BCUT2D eigenvalue weighted by Crippen LogP contribution is -2.19. The lowest BCUT2D eigenvalue weighted by atomic mass is 10.2. The van der Waals surface area contributed by atoms with Gasteiger partial charge in [-0.2, -0.15) is 0 Å². The van der Waals surface area contributed by atoms with Crippen LogP contribution < -0.4 is 10.9 Å². The number of nitro groups is 1. The number of hydrogen-bond acceptors (Lipinski definition) is 6. The van der Waals surface area contributed by atoms with E-state index in [4.69, 9.17) is 0 Å². The Balaban J connectivity index is 2.49. The van der Waals surface area contributed by atoms with E-state index in [-0.39, 0.29) is 23.3 Å². The van der Waals surface area contributed by atoms with Crippen LogP contribution in [0.2, 0.25) is 0 Å². The van der Waals surface area contributed by atoms with E-state index < -0.39 is 16.6 Å². The van der Waals surface area contributed by atoms with Gasteiger partial charge in [0.05, 0.1) is 28.3 Å². The van der Waals surface area contributed by atoms with E-state index in [2.05, 4.69) is 15.3 Å². The van der Waals surface area contributed by atoms with Gasteiger partial charge in [-0.05, 0) is 12.5 Å². The highest BCUT2D eigenvalue weighted by Crippen LogP contribution is 2.27. The third-order valence-electron chi connectivity index (χ3n) is 2.95. The lowest BCUT2D eigenvalue weighted by molar-refractivity contribution is -0.383. The topological polar surface area (TPSA) is 121 Å². The van der Waals surface area contributed by atoms with Crippen molar-refractivity contribution in [3.63, 3.8) is 0 Å². The quantitative estimate of drug-likeness (QED) is 0.554. The predicted molar refractivity (Wildman–Crippen MR) is 73.8 cm³/mol. The normalized spacial score (nSPS) is 12.3. The Kier molecular flexibility index (Phi) is 3.94. The van der Waals surface area contributed by atoms with E-state index in [0.717, 1.165) is 0 Å². The fraction of sp³-hybridized carbons (Fsp3) is 0.333. The van der Waals surface area contributed by atoms with Crippen LogP contribution in [-0.4, -0.2) is 32.6 Å². The van der Waals surface area contributed by atoms with E-state index in [1.165, 1.54) is 18.5 Å². The number of fused-ring (bicyclic) bond motifs is 1. The third-order valence-corrected chi connectivity index (χ3v) is 2.95. The molecule has 1 heterocycles. The summed E-state index contributed by atoms with van der Waals surface area (Å²) in [6, 6.07) is 2.62. The SMILES string of the molecule is CCC(O)CNc1cc2nc[nH]c(=O)c2cc1[N+](=O)[O-]. The molecule has 1 unspecified atom stereocenters. The van der Waals surface area contributed by atoms with Gasteiger partial charge in [-0.3, -0.25) is 14.9 Å². The maximum Gasteiger partial charge on any atom is 0.293 e. The Hall–Kier alpha value is -2.48. The van der Waals surface area contributed by atoms with Crippen molar-refractivity contribution >= 4 is 22.3 Å². The van der Waals surface area contributed by atoms with E-state index in [0.29, 0.717) is 11.9 Å². The molecule has 0 bridgehead atoms. The minimum atomic E-state index is -0.600. The first-order valence-electron chi connectivity index (χ1n) is 6.10. The first-order chi connectivity index (χ1) is 9.52. The molecule has 0 saturated heterocycles. The summed E-state index contributed by atoms with van der Waals surface area (Å²) in [4.78, 5) is 28.4. The van der Waals surface area contributed by atoms with Gasteiger partial charge >= 0.3 is 0 Å². The highest BCUT2D eigenvalue weighted by molar-refractivity contribution is 5.86. The van der Waals surface area contributed by atoms with Gasteiger partial charge in [0.2, 0.25) is 0 Å². The number of hydrogen-bond donors (Lipinski definition) is 3. The van der Waals surface area contributed by atoms with Crippen LogP contribution in [0.1, 0.15) is 13.3 Å². The smallest absolute Gasteiger partial charge is 0.293 e. The van der Waals surface area contributed by atoms with Crippen molar-refractivity contribution in [1.29, 1.82) is 0 Å². The van der Waals surface area contributed by atoms with Crippen molar-refractivity contribution in [2.75, 3.05) is 11.9 Å². The average Bonchev–Trinajstić information content (AvgIpc) is 2.44. The van der Waals surface area contributed by atoms with Crippen molar-refractivity contribution in [3.05, 3.63) is 38.9 Å². The molecule has 0 aliphatic rings. The second-order valence-electron chi connectivity index (χ2n) is 4.32. The van der Waals surface area contributed by atoms with Crippen molar-refractivity contribution in [2.45, 2.75) is 19.4 Å². The number of nitrogens with one attached hydrogen (secondary N) is 2. The number of aliphatic hydroxyl groups is 1. The van der Waals surface area contributed by atoms with Crippen LogP contribution in [0, 0.1) is 10.1 Å². The largest absolute Gasteiger partial charge is 0.391 e. The number of benzene rings is 1. The number of aromatic nitrogens is 2. The fourth-order valence-electron chi connectivity index (χ4n) is 1.77. The summed E-state index contributed by atoms with van der Waals surface area (Å²) in [7, 11) is 0. The van der Waals surface area contributed by atoms with Crippen molar-refractivity contribution in [2.24, 2.45) is 0 Å². The molecule has 1 aromatic carbocycles. The molecule has 8 nitrogen and oxygen atoms in total. The molecule has 0 fully saturated rings. The summed E-state index contributed by atoms with van der Waals surface area (Å²) >= 11 is 0. The molecule has 0 aliphatic heterocycles. The van der Waals surface area contributed by atoms with E-state index in [1.807, 2.05) is 6.92 Å². The number of aromatic amines is 1. The van der Waals surface area contributed by atoms with Crippen LogP contribution in [0.15, 0.2) is 23.3 Å². The van der Waals surface area contributed by atoms with E-state index >= 15 is 0 Å². The Morgan fingerprint density at radius 1 is 1.55 bits per heavy atom. The minimum absolute atomic E-state index is 0.154. The minimum Gasteiger partial charge on any atom is -0.391 e. The average molecular weight is 278 g/mol. The number of H-pyrrole nitrogens is 1. The first-order valence-corrected chi connectivity index (χ1v) is 6.10. The van der Waals surface area contributed by atoms with Gasteiger partial charge < -0.3 is 15.4 Å². The molecule has 20 heavy (non-hydrogen) atoms. The van der Waals surface area contributed by atoms with Crippen molar-refractivity contribution in [1.82, 2.24) is 9.97 Å². The summed E-state index contributed by atoms with van der Waals surface area (Å²) in [5, 5.41) is 23.5. The number of anilines is 1. The molecule has 0 amide bonds. The van der Waals surface area contributed by atoms with Crippen LogP contribution in [0.5, 0.6) is 0 Å². The molecule has 3 N–H and O–H groups in total. The van der Waals surface area contributed by atoms with Gasteiger partial charge in [0, 0.05) is 12.6 Å². The first kappa shape index (κ1) is 13.9. The third kappa shape index (κ3) is 2.75. The van der Waals surface area contributed by atoms with Gasteiger partial charge in [-0.1, -0.05) is 6.92 Å². The molecule has 1 atom stereocenters. The van der Waals surface area contributed by atoms with Gasteiger partial charge in [-0.15, -0.1) is 0 Å². The van der Waals surface area contributed by atoms with Crippen LogP contribution in [0.3, 0.4) is 0 Å². The maximum absolute atomic E-state index is 11.6. The molecule has 0 spiro atoms. The van der Waals surface area contributed by atoms with Gasteiger partial charge in [0.15, 0.2) is 0 Å². The zero-order chi connectivity index (χ0) is 14.7. The molecule has 106 valence electrons. The van der Waals surface area contributed by atoms with Crippen LogP contribution in [0.4, 0.5) is 11.4 Å². The Bertz CT molecular complexity index is 697. The van der Waals surface area contributed by atoms with Gasteiger partial charge in [0.25, 0.3) is 11.2 Å². The molecule has 8 heteroatoms. The zero-order valence-electron chi connectivity index (χ0n) is 10.8. The molecular weight excluding hydrogens is 264 g/mol. The van der Waals surface area contributed by atoms with Gasteiger partial charge in [-0.25, -0.2) is 4.98 Å². The summed E-state index contributed by atoms with van der Waals surface area (Å²) in [6.07, 6.45) is 1.17. The summed E-state index contributed by atoms with van der Waals surface area (Å²) < 4.78 is 0. The number of nitrogens with zero attached hydrogens (tertiary/aromatic N) is 2.